The fourth-order valence-corrected chi connectivity index (χ4v) is 2.74. The number of hydrogen-bond acceptors (Lipinski definition) is 5. The van der Waals surface area contributed by atoms with Gasteiger partial charge < -0.3 is 18.9 Å². The molecule has 0 atom stereocenters. The predicted octanol–water partition coefficient (Wildman–Crippen LogP) is 2.93. The molecule has 2 aromatic carbocycles. The Bertz CT molecular complexity index is 764. The third-order valence-corrected chi connectivity index (χ3v) is 3.81. The highest BCUT2D eigenvalue weighted by atomic mass is 16.5. The van der Waals surface area contributed by atoms with Gasteiger partial charge in [0.25, 0.3) is 0 Å². The van der Waals surface area contributed by atoms with Crippen LogP contribution in [0, 0.1) is 0 Å². The van der Waals surface area contributed by atoms with E-state index in [-0.39, 0.29) is 5.78 Å². The van der Waals surface area contributed by atoms with E-state index in [0.717, 1.165) is 11.1 Å². The Hall–Kier alpha value is -2.69. The molecule has 1 aliphatic carbocycles. The molecule has 0 unspecified atom stereocenters. The van der Waals surface area contributed by atoms with E-state index in [9.17, 15) is 4.79 Å². The van der Waals surface area contributed by atoms with Gasteiger partial charge in [0, 0.05) is 28.3 Å². The monoisotopic (exact) mass is 300 g/mol. The molecule has 0 aliphatic heterocycles. The van der Waals surface area contributed by atoms with Gasteiger partial charge in [-0.15, -0.1) is 0 Å². The fourth-order valence-electron chi connectivity index (χ4n) is 2.74. The molecule has 0 saturated carbocycles. The van der Waals surface area contributed by atoms with Crippen molar-refractivity contribution in [3.8, 4) is 34.1 Å². The lowest BCUT2D eigenvalue weighted by atomic mass is 10.0. The third kappa shape index (κ3) is 1.89. The van der Waals surface area contributed by atoms with Crippen LogP contribution in [0.15, 0.2) is 24.3 Å². The number of rotatable bonds is 4. The van der Waals surface area contributed by atoms with Crippen molar-refractivity contribution in [2.75, 3.05) is 28.4 Å². The molecule has 0 N–H and O–H groups in total. The lowest BCUT2D eigenvalue weighted by molar-refractivity contribution is 0.104. The molecular formula is C17H16O5. The predicted molar refractivity (Wildman–Crippen MR) is 81.5 cm³/mol. The van der Waals surface area contributed by atoms with E-state index >= 15 is 0 Å². The lowest BCUT2D eigenvalue weighted by Crippen LogP contribution is -1.98. The number of fused-ring (bicyclic) bond motifs is 3. The zero-order valence-corrected chi connectivity index (χ0v) is 12.9. The second kappa shape index (κ2) is 5.26. The molecule has 3 rings (SSSR count). The fraction of sp³-hybridized carbons (Fsp3) is 0.235. The third-order valence-electron chi connectivity index (χ3n) is 3.81. The average Bonchev–Trinajstić information content (AvgIpc) is 2.84. The Labute approximate surface area is 128 Å². The van der Waals surface area contributed by atoms with E-state index < -0.39 is 0 Å². The Morgan fingerprint density at radius 2 is 1.23 bits per heavy atom. The molecule has 0 bridgehead atoms. The summed E-state index contributed by atoms with van der Waals surface area (Å²) in [6.07, 6.45) is 0. The van der Waals surface area contributed by atoms with Gasteiger partial charge in [0.15, 0.2) is 17.3 Å². The first kappa shape index (κ1) is 14.3. The standard InChI is InChI=1S/C17H16O5/c1-19-9-5-12-16(15(6-9)22-4)10-7-13(20-2)14(21-3)8-11(10)17(12)18/h5-8H,1-4H3. The van der Waals surface area contributed by atoms with Crippen LogP contribution in [-0.2, 0) is 0 Å². The van der Waals surface area contributed by atoms with Crippen LogP contribution in [0.25, 0.3) is 11.1 Å². The summed E-state index contributed by atoms with van der Waals surface area (Å²) in [5.41, 5.74) is 2.65. The number of ether oxygens (including phenoxy) is 4. The summed E-state index contributed by atoms with van der Waals surface area (Å²) in [7, 11) is 6.23. The minimum Gasteiger partial charge on any atom is -0.497 e. The molecule has 0 amide bonds. The van der Waals surface area contributed by atoms with Crippen LogP contribution < -0.4 is 18.9 Å². The maximum atomic E-state index is 12.7. The molecular weight excluding hydrogens is 284 g/mol. The maximum Gasteiger partial charge on any atom is 0.194 e. The zero-order valence-electron chi connectivity index (χ0n) is 12.9. The van der Waals surface area contributed by atoms with Gasteiger partial charge in [-0.2, -0.15) is 0 Å². The summed E-state index contributed by atoms with van der Waals surface area (Å²) >= 11 is 0. The average molecular weight is 300 g/mol. The van der Waals surface area contributed by atoms with Crippen molar-refractivity contribution in [2.45, 2.75) is 0 Å². The first-order chi connectivity index (χ1) is 10.6. The topological polar surface area (TPSA) is 54.0 Å². The molecule has 0 aromatic heterocycles. The molecule has 0 spiro atoms. The Morgan fingerprint density at radius 3 is 1.77 bits per heavy atom. The van der Waals surface area contributed by atoms with Gasteiger partial charge in [0.05, 0.1) is 28.4 Å². The van der Waals surface area contributed by atoms with E-state index in [2.05, 4.69) is 0 Å². The molecule has 5 nitrogen and oxygen atoms in total. The second-order valence-corrected chi connectivity index (χ2v) is 4.83. The Balaban J connectivity index is 2.31. The summed E-state index contributed by atoms with van der Waals surface area (Å²) in [5.74, 6) is 2.18. The highest BCUT2D eigenvalue weighted by Crippen LogP contribution is 2.48. The van der Waals surface area contributed by atoms with Crippen LogP contribution in [-0.4, -0.2) is 34.2 Å². The van der Waals surface area contributed by atoms with Crippen LogP contribution in [0.4, 0.5) is 0 Å². The molecule has 2 aromatic rings. The van der Waals surface area contributed by atoms with Gasteiger partial charge >= 0.3 is 0 Å². The number of ketones is 1. The van der Waals surface area contributed by atoms with E-state index in [1.54, 1.807) is 52.7 Å². The number of methoxy groups -OCH3 is 4. The molecule has 22 heavy (non-hydrogen) atoms. The molecule has 0 saturated heterocycles. The molecule has 0 radical (unpaired) electrons. The Morgan fingerprint density at radius 1 is 0.636 bits per heavy atom. The van der Waals surface area contributed by atoms with Crippen molar-refractivity contribution in [3.05, 3.63) is 35.4 Å². The van der Waals surface area contributed by atoms with Crippen molar-refractivity contribution in [1.82, 2.24) is 0 Å². The summed E-state index contributed by atoms with van der Waals surface area (Å²) in [6, 6.07) is 6.98. The molecule has 5 heteroatoms. The number of hydrogen-bond donors (Lipinski definition) is 0. The van der Waals surface area contributed by atoms with Gasteiger partial charge in [-0.1, -0.05) is 0 Å². The lowest BCUT2D eigenvalue weighted by Gasteiger charge is -2.12. The van der Waals surface area contributed by atoms with Crippen molar-refractivity contribution >= 4 is 5.78 Å². The summed E-state index contributed by atoms with van der Waals surface area (Å²) in [5, 5.41) is 0. The molecule has 1 aliphatic rings. The summed E-state index contributed by atoms with van der Waals surface area (Å²) in [6.45, 7) is 0. The Kier molecular flexibility index (Phi) is 3.41. The van der Waals surface area contributed by atoms with E-state index in [4.69, 9.17) is 18.9 Å². The van der Waals surface area contributed by atoms with Crippen molar-refractivity contribution in [1.29, 1.82) is 0 Å². The van der Waals surface area contributed by atoms with Gasteiger partial charge in [-0.25, -0.2) is 0 Å². The van der Waals surface area contributed by atoms with Crippen LogP contribution in [0.1, 0.15) is 15.9 Å². The highest BCUT2D eigenvalue weighted by molar-refractivity contribution is 6.23. The number of carbonyl (C=O) groups excluding carboxylic acids is 1. The summed E-state index contributed by atoms with van der Waals surface area (Å²) < 4.78 is 21.3. The van der Waals surface area contributed by atoms with Crippen LogP contribution in [0.5, 0.6) is 23.0 Å². The van der Waals surface area contributed by atoms with Gasteiger partial charge in [0.1, 0.15) is 11.5 Å². The number of carbonyl (C=O) groups is 1. The zero-order chi connectivity index (χ0) is 15.9. The number of benzene rings is 2. The second-order valence-electron chi connectivity index (χ2n) is 4.83. The van der Waals surface area contributed by atoms with Crippen molar-refractivity contribution in [3.63, 3.8) is 0 Å². The largest absolute Gasteiger partial charge is 0.497 e. The molecule has 114 valence electrons. The van der Waals surface area contributed by atoms with Crippen molar-refractivity contribution in [2.24, 2.45) is 0 Å². The minimum absolute atomic E-state index is 0.0804. The van der Waals surface area contributed by atoms with Crippen molar-refractivity contribution < 1.29 is 23.7 Å². The first-order valence-electron chi connectivity index (χ1n) is 6.71. The summed E-state index contributed by atoms with van der Waals surface area (Å²) in [4.78, 5) is 12.7. The molecule has 0 fully saturated rings. The maximum absolute atomic E-state index is 12.7. The normalized spacial score (nSPS) is 11.7. The van der Waals surface area contributed by atoms with Gasteiger partial charge in [-0.3, -0.25) is 4.79 Å². The van der Waals surface area contributed by atoms with E-state index in [1.807, 2.05) is 0 Å². The van der Waals surface area contributed by atoms with Gasteiger partial charge in [-0.05, 0) is 18.2 Å². The minimum atomic E-state index is -0.0804. The molecule has 0 heterocycles. The van der Waals surface area contributed by atoms with Crippen LogP contribution in [0.3, 0.4) is 0 Å². The van der Waals surface area contributed by atoms with E-state index in [1.165, 1.54) is 0 Å². The highest BCUT2D eigenvalue weighted by Gasteiger charge is 2.32. The van der Waals surface area contributed by atoms with Crippen LogP contribution >= 0.6 is 0 Å². The first-order valence-corrected chi connectivity index (χ1v) is 6.71. The quantitative estimate of drug-likeness (QED) is 0.741. The SMILES string of the molecule is COc1cc(OC)c2c(c1)C(=O)c1cc(OC)c(OC)cc1-2. The smallest absolute Gasteiger partial charge is 0.194 e. The van der Waals surface area contributed by atoms with E-state index in [0.29, 0.717) is 34.1 Å². The van der Waals surface area contributed by atoms with Gasteiger partial charge in [0.2, 0.25) is 0 Å². The van der Waals surface area contributed by atoms with Crippen LogP contribution in [0.2, 0.25) is 0 Å².